The second kappa shape index (κ2) is 38.1. The summed E-state index contributed by atoms with van der Waals surface area (Å²) in [6.07, 6.45) is 45.6. The molecule has 8 nitrogen and oxygen atoms in total. The number of aliphatic hydroxyl groups is 1. The number of unbranched alkanes of at least 4 members (excludes halogenated alkanes) is 29. The molecular formula is C44H89NO7P+. The number of carbonyl (C=O) groups excluding carboxylic acids is 1. The van der Waals surface area contributed by atoms with Crippen molar-refractivity contribution in [2.75, 3.05) is 47.5 Å². The number of likely N-dealkylation sites (N-methyl/N-ethyl adjacent to an activating group) is 1. The van der Waals surface area contributed by atoms with Crippen molar-refractivity contribution < 1.29 is 37.6 Å². The molecule has 0 radical (unpaired) electrons. The Morgan fingerprint density at radius 3 is 1.30 bits per heavy atom. The molecule has 0 saturated carbocycles. The van der Waals surface area contributed by atoms with Gasteiger partial charge in [-0.2, -0.15) is 0 Å². The maximum atomic E-state index is 11.9. The smallest absolute Gasteiger partial charge is 0.463 e. The van der Waals surface area contributed by atoms with Gasteiger partial charge in [0.2, 0.25) is 0 Å². The van der Waals surface area contributed by atoms with Gasteiger partial charge in [0.25, 0.3) is 0 Å². The van der Waals surface area contributed by atoms with Gasteiger partial charge in [-0.3, -0.25) is 13.8 Å². The minimum atomic E-state index is -4.25. The number of quaternary nitrogens is 1. The van der Waals surface area contributed by atoms with Gasteiger partial charge in [-0.05, 0) is 32.1 Å². The molecule has 0 aliphatic rings. The van der Waals surface area contributed by atoms with E-state index >= 15 is 0 Å². The number of ether oxygens (including phenoxy) is 1. The number of hydrogen-bond acceptors (Lipinski definition) is 6. The van der Waals surface area contributed by atoms with Gasteiger partial charge in [-0.25, -0.2) is 4.57 Å². The van der Waals surface area contributed by atoms with Gasteiger partial charge in [0.15, 0.2) is 0 Å². The van der Waals surface area contributed by atoms with Crippen LogP contribution in [0.1, 0.15) is 212 Å². The first kappa shape index (κ1) is 52.2. The van der Waals surface area contributed by atoms with Crippen molar-refractivity contribution in [2.24, 2.45) is 0 Å². The van der Waals surface area contributed by atoms with Crippen molar-refractivity contribution in [1.82, 2.24) is 0 Å². The van der Waals surface area contributed by atoms with Crippen LogP contribution in [0, 0.1) is 0 Å². The van der Waals surface area contributed by atoms with Gasteiger partial charge in [-0.1, -0.05) is 186 Å². The summed E-state index contributed by atoms with van der Waals surface area (Å²) in [5.74, 6) is -0.366. The van der Waals surface area contributed by atoms with Crippen molar-refractivity contribution >= 4 is 13.8 Å². The zero-order valence-corrected chi connectivity index (χ0v) is 36.4. The normalized spacial score (nSPS) is 13.8. The van der Waals surface area contributed by atoms with E-state index in [0.29, 0.717) is 17.4 Å². The molecule has 0 bridgehead atoms. The lowest BCUT2D eigenvalue weighted by atomic mass is 10.0. The molecule has 0 aliphatic carbocycles. The number of nitrogens with zero attached hydrogens (tertiary/aromatic N) is 1. The van der Waals surface area contributed by atoms with E-state index in [2.05, 4.69) is 19.1 Å². The molecular weight excluding hydrogens is 685 g/mol. The van der Waals surface area contributed by atoms with E-state index in [4.69, 9.17) is 13.8 Å². The van der Waals surface area contributed by atoms with Crippen LogP contribution in [-0.2, 0) is 23.1 Å². The molecule has 0 aliphatic heterocycles. The lowest BCUT2D eigenvalue weighted by Crippen LogP contribution is -2.37. The van der Waals surface area contributed by atoms with Crippen molar-refractivity contribution in [3.8, 4) is 0 Å². The van der Waals surface area contributed by atoms with Crippen LogP contribution in [0.2, 0.25) is 0 Å². The Morgan fingerprint density at radius 1 is 0.566 bits per heavy atom. The molecule has 0 aromatic rings. The largest absolute Gasteiger partial charge is 0.472 e. The fourth-order valence-corrected chi connectivity index (χ4v) is 7.23. The number of carbonyl (C=O) groups is 1. The van der Waals surface area contributed by atoms with Gasteiger partial charge >= 0.3 is 13.8 Å². The summed E-state index contributed by atoms with van der Waals surface area (Å²) < 4.78 is 27.3. The molecule has 0 heterocycles. The van der Waals surface area contributed by atoms with E-state index in [-0.39, 0.29) is 19.2 Å². The standard InChI is InChI=1S/C44H88NO7P/c1-5-6-7-8-9-10-11-12-13-14-15-16-17-18-19-20-21-22-23-24-25-26-27-28-29-30-31-32-33-34-35-36-37-38-44(47)50-41-43(46)42-52-53(48,49)51-40-39-45(2,3)4/h14-15,43,46H,5-13,16-42H2,1-4H3/p+1/b15-14-. The van der Waals surface area contributed by atoms with E-state index < -0.39 is 20.5 Å². The van der Waals surface area contributed by atoms with Crippen LogP contribution in [0.4, 0.5) is 0 Å². The molecule has 0 fully saturated rings. The molecule has 0 spiro atoms. The summed E-state index contributed by atoms with van der Waals surface area (Å²) in [5.41, 5.74) is 0. The molecule has 2 unspecified atom stereocenters. The quantitative estimate of drug-likeness (QED) is 0.0209. The first-order chi connectivity index (χ1) is 25.6. The Kier molecular flexibility index (Phi) is 37.6. The summed E-state index contributed by atoms with van der Waals surface area (Å²) in [6, 6.07) is 0. The van der Waals surface area contributed by atoms with E-state index in [1.807, 2.05) is 21.1 Å². The highest BCUT2D eigenvalue weighted by atomic mass is 31.2. The fourth-order valence-electron chi connectivity index (χ4n) is 6.48. The van der Waals surface area contributed by atoms with Gasteiger partial charge in [0.1, 0.15) is 25.9 Å². The molecule has 0 aromatic carbocycles. The zero-order valence-electron chi connectivity index (χ0n) is 35.5. The number of rotatable bonds is 42. The fraction of sp³-hybridized carbons (Fsp3) is 0.932. The third-order valence-electron chi connectivity index (χ3n) is 10.0. The number of phosphoric acid groups is 1. The second-order valence-electron chi connectivity index (χ2n) is 16.6. The first-order valence-corrected chi connectivity index (χ1v) is 24.0. The lowest BCUT2D eigenvalue weighted by molar-refractivity contribution is -0.870. The average Bonchev–Trinajstić information content (AvgIpc) is 3.11. The van der Waals surface area contributed by atoms with Crippen LogP contribution >= 0.6 is 7.82 Å². The zero-order chi connectivity index (χ0) is 39.1. The number of phosphoric ester groups is 1. The molecule has 0 saturated heterocycles. The third kappa shape index (κ3) is 43.8. The lowest BCUT2D eigenvalue weighted by Gasteiger charge is -2.24. The summed E-state index contributed by atoms with van der Waals surface area (Å²) in [7, 11) is 1.57. The van der Waals surface area contributed by atoms with E-state index in [0.717, 1.165) is 19.3 Å². The second-order valence-corrected chi connectivity index (χ2v) is 18.1. The summed E-state index contributed by atoms with van der Waals surface area (Å²) >= 11 is 0. The van der Waals surface area contributed by atoms with Crippen LogP contribution in [0.15, 0.2) is 12.2 Å². The average molecular weight is 775 g/mol. The summed E-state index contributed by atoms with van der Waals surface area (Å²) in [5, 5.41) is 9.92. The van der Waals surface area contributed by atoms with Crippen LogP contribution in [-0.4, -0.2) is 74.1 Å². The molecule has 2 N–H and O–H groups in total. The summed E-state index contributed by atoms with van der Waals surface area (Å²) in [6.45, 7) is 2.17. The van der Waals surface area contributed by atoms with Crippen LogP contribution < -0.4 is 0 Å². The van der Waals surface area contributed by atoms with E-state index in [9.17, 15) is 19.4 Å². The predicted molar refractivity (Wildman–Crippen MR) is 224 cm³/mol. The Labute approximate surface area is 328 Å². The highest BCUT2D eigenvalue weighted by Crippen LogP contribution is 2.43. The van der Waals surface area contributed by atoms with Crippen molar-refractivity contribution in [3.05, 3.63) is 12.2 Å². The molecule has 0 aromatic heterocycles. The highest BCUT2D eigenvalue weighted by Gasteiger charge is 2.24. The molecule has 9 heteroatoms. The maximum absolute atomic E-state index is 11.9. The van der Waals surface area contributed by atoms with Crippen LogP contribution in [0.5, 0.6) is 0 Å². The monoisotopic (exact) mass is 775 g/mol. The molecule has 0 amide bonds. The Balaban J connectivity index is 3.32. The van der Waals surface area contributed by atoms with Gasteiger partial charge in [-0.15, -0.1) is 0 Å². The number of aliphatic hydroxyl groups excluding tert-OH is 1. The maximum Gasteiger partial charge on any atom is 0.472 e. The Morgan fingerprint density at radius 2 is 0.925 bits per heavy atom. The van der Waals surface area contributed by atoms with E-state index in [1.165, 1.54) is 180 Å². The Bertz CT molecular complexity index is 863. The predicted octanol–water partition coefficient (Wildman–Crippen LogP) is 12.8. The van der Waals surface area contributed by atoms with Gasteiger partial charge in [0.05, 0.1) is 27.7 Å². The molecule has 0 rings (SSSR count). The van der Waals surface area contributed by atoms with Gasteiger partial charge in [0, 0.05) is 6.42 Å². The number of allylic oxidation sites excluding steroid dienone is 2. The molecule has 53 heavy (non-hydrogen) atoms. The van der Waals surface area contributed by atoms with Crippen LogP contribution in [0.3, 0.4) is 0 Å². The van der Waals surface area contributed by atoms with Crippen molar-refractivity contribution in [1.29, 1.82) is 0 Å². The third-order valence-corrected chi connectivity index (χ3v) is 11.0. The highest BCUT2D eigenvalue weighted by molar-refractivity contribution is 7.47. The first-order valence-electron chi connectivity index (χ1n) is 22.5. The Hall–Kier alpha value is -0.760. The number of hydrogen-bond donors (Lipinski definition) is 2. The van der Waals surface area contributed by atoms with Gasteiger partial charge < -0.3 is 19.2 Å². The summed E-state index contributed by atoms with van der Waals surface area (Å²) in [4.78, 5) is 21.6. The minimum absolute atomic E-state index is 0.0567. The van der Waals surface area contributed by atoms with E-state index in [1.54, 1.807) is 0 Å². The topological polar surface area (TPSA) is 102 Å². The minimum Gasteiger partial charge on any atom is -0.463 e. The molecule has 316 valence electrons. The number of esters is 1. The van der Waals surface area contributed by atoms with Crippen molar-refractivity contribution in [2.45, 2.75) is 218 Å². The SMILES string of the molecule is CCCCCCCCCC/C=C\CCCCCCCCCCCCCCCCCCCCCCCC(=O)OCC(O)COP(=O)(O)OCC[N+](C)(C)C. The molecule has 2 atom stereocenters. The van der Waals surface area contributed by atoms with Crippen LogP contribution in [0.25, 0.3) is 0 Å². The van der Waals surface area contributed by atoms with Crippen molar-refractivity contribution in [3.63, 3.8) is 0 Å².